The molecule has 8 nitrogen and oxygen atoms in total. The van der Waals surface area contributed by atoms with Crippen LogP contribution in [0.15, 0.2) is 46.0 Å². The molecule has 0 aliphatic carbocycles. The van der Waals surface area contributed by atoms with Crippen LogP contribution in [0.25, 0.3) is 10.9 Å². The molecule has 1 aromatic carbocycles. The fourth-order valence-corrected chi connectivity index (χ4v) is 3.68. The molecule has 1 N–H and O–H groups in total. The summed E-state index contributed by atoms with van der Waals surface area (Å²) in [5, 5.41) is 7.55. The molecule has 3 heterocycles. The first-order valence-electron chi connectivity index (χ1n) is 9.83. The Balaban J connectivity index is 1.29. The first-order chi connectivity index (χ1) is 14.1. The molecule has 2 atom stereocenters. The van der Waals surface area contributed by atoms with Crippen molar-refractivity contribution in [2.45, 2.75) is 38.8 Å². The van der Waals surface area contributed by atoms with E-state index in [1.807, 2.05) is 31.2 Å². The molecular weight excluding hydrogens is 372 g/mol. The minimum Gasteiger partial charge on any atom is -0.379 e. The summed E-state index contributed by atoms with van der Waals surface area (Å²) in [5.74, 6) is 0.931. The number of amides is 1. The zero-order valence-electron chi connectivity index (χ0n) is 16.3. The average Bonchev–Trinajstić information content (AvgIpc) is 3.33. The van der Waals surface area contributed by atoms with Gasteiger partial charge in [0.1, 0.15) is 5.76 Å². The summed E-state index contributed by atoms with van der Waals surface area (Å²) in [4.78, 5) is 29.2. The Kier molecular flexibility index (Phi) is 5.71. The van der Waals surface area contributed by atoms with Gasteiger partial charge < -0.3 is 14.6 Å². The number of hydrogen-bond acceptors (Lipinski definition) is 6. The van der Waals surface area contributed by atoms with Crippen molar-refractivity contribution in [3.63, 3.8) is 0 Å². The van der Waals surface area contributed by atoms with Crippen LogP contribution in [-0.4, -0.2) is 39.9 Å². The molecule has 2 aromatic heterocycles. The third kappa shape index (κ3) is 4.54. The van der Waals surface area contributed by atoms with Gasteiger partial charge in [0.15, 0.2) is 0 Å². The Labute approximate surface area is 167 Å². The molecule has 0 unspecified atom stereocenters. The summed E-state index contributed by atoms with van der Waals surface area (Å²) in [6, 6.07) is 9.12. The second-order valence-corrected chi connectivity index (χ2v) is 7.47. The average molecular weight is 396 g/mol. The van der Waals surface area contributed by atoms with Crippen molar-refractivity contribution in [2.24, 2.45) is 5.92 Å². The van der Waals surface area contributed by atoms with Gasteiger partial charge >= 0.3 is 0 Å². The van der Waals surface area contributed by atoms with E-state index in [0.717, 1.165) is 11.5 Å². The molecule has 8 heteroatoms. The fraction of sp³-hybridized carbons (Fsp3) is 0.429. The predicted octanol–water partition coefficient (Wildman–Crippen LogP) is 1.85. The van der Waals surface area contributed by atoms with Gasteiger partial charge in [-0.05, 0) is 25.5 Å². The van der Waals surface area contributed by atoms with Crippen LogP contribution in [-0.2, 0) is 22.5 Å². The number of fused-ring (bicyclic) bond motifs is 1. The first-order valence-corrected chi connectivity index (χ1v) is 9.83. The van der Waals surface area contributed by atoms with Crippen molar-refractivity contribution in [3.05, 3.63) is 58.5 Å². The normalized spacial score (nSPS) is 18.9. The quantitative estimate of drug-likeness (QED) is 0.654. The van der Waals surface area contributed by atoms with Crippen LogP contribution in [0.2, 0.25) is 0 Å². The number of nitrogens with one attached hydrogen (secondary N) is 1. The smallest absolute Gasteiger partial charge is 0.261 e. The molecule has 1 aliphatic heterocycles. The molecule has 29 heavy (non-hydrogen) atoms. The lowest BCUT2D eigenvalue weighted by molar-refractivity contribution is -0.122. The molecule has 1 fully saturated rings. The van der Waals surface area contributed by atoms with Crippen LogP contribution >= 0.6 is 0 Å². The van der Waals surface area contributed by atoms with Gasteiger partial charge in [-0.25, -0.2) is 4.98 Å². The maximum Gasteiger partial charge on any atom is 0.261 e. The summed E-state index contributed by atoms with van der Waals surface area (Å²) in [6.45, 7) is 3.42. The minimum atomic E-state index is -0.0809. The molecule has 1 saturated heterocycles. The minimum absolute atomic E-state index is 0.0407. The van der Waals surface area contributed by atoms with Gasteiger partial charge in [0, 0.05) is 31.4 Å². The highest BCUT2D eigenvalue weighted by Crippen LogP contribution is 2.20. The number of carbonyl (C=O) groups is 1. The molecular formula is C21H24N4O4. The number of aryl methyl sites for hydroxylation is 2. The Morgan fingerprint density at radius 3 is 3.00 bits per heavy atom. The van der Waals surface area contributed by atoms with E-state index in [4.69, 9.17) is 9.26 Å². The number of aromatic nitrogens is 3. The molecule has 0 bridgehead atoms. The first kappa shape index (κ1) is 19.3. The summed E-state index contributed by atoms with van der Waals surface area (Å²) in [6.07, 6.45) is 3.13. The monoisotopic (exact) mass is 396 g/mol. The Morgan fingerprint density at radius 2 is 2.17 bits per heavy atom. The van der Waals surface area contributed by atoms with Crippen LogP contribution in [0.3, 0.4) is 0 Å². The van der Waals surface area contributed by atoms with E-state index in [9.17, 15) is 9.59 Å². The van der Waals surface area contributed by atoms with E-state index in [1.165, 1.54) is 0 Å². The summed E-state index contributed by atoms with van der Waals surface area (Å²) >= 11 is 0. The number of hydrogen-bond donors (Lipinski definition) is 1. The number of ether oxygens (including phenoxy) is 1. The lowest BCUT2D eigenvalue weighted by Crippen LogP contribution is -2.40. The zero-order valence-corrected chi connectivity index (χ0v) is 16.3. The molecule has 1 aliphatic rings. The number of nitrogens with zero attached hydrogens (tertiary/aromatic N) is 3. The van der Waals surface area contributed by atoms with Gasteiger partial charge in [0.2, 0.25) is 5.91 Å². The molecule has 0 saturated carbocycles. The summed E-state index contributed by atoms with van der Waals surface area (Å²) < 4.78 is 12.4. The highest BCUT2D eigenvalue weighted by molar-refractivity contribution is 5.77. The molecule has 3 aromatic rings. The van der Waals surface area contributed by atoms with E-state index in [-0.39, 0.29) is 23.4 Å². The third-order valence-corrected chi connectivity index (χ3v) is 5.22. The van der Waals surface area contributed by atoms with E-state index in [0.29, 0.717) is 49.9 Å². The second-order valence-electron chi connectivity index (χ2n) is 7.47. The van der Waals surface area contributed by atoms with Crippen LogP contribution in [0, 0.1) is 12.8 Å². The van der Waals surface area contributed by atoms with Gasteiger partial charge in [0.05, 0.1) is 42.2 Å². The lowest BCUT2D eigenvalue weighted by atomic mass is 9.98. The number of benzene rings is 1. The van der Waals surface area contributed by atoms with Crippen molar-refractivity contribution in [2.75, 3.05) is 13.2 Å². The SMILES string of the molecule is Cc1cc(C[C@@H]2COC[C@@H]2NC(=O)CCCn2cnc3ccccc3c2=O)on1. The second kappa shape index (κ2) is 8.57. The van der Waals surface area contributed by atoms with E-state index >= 15 is 0 Å². The molecule has 4 rings (SSSR count). The van der Waals surface area contributed by atoms with Crippen LogP contribution in [0.1, 0.15) is 24.3 Å². The zero-order chi connectivity index (χ0) is 20.2. The highest BCUT2D eigenvalue weighted by Gasteiger charge is 2.30. The predicted molar refractivity (Wildman–Crippen MR) is 106 cm³/mol. The van der Waals surface area contributed by atoms with Gasteiger partial charge in [0.25, 0.3) is 5.56 Å². The number of rotatable bonds is 7. The maximum atomic E-state index is 12.5. The number of para-hydroxylation sites is 1. The van der Waals surface area contributed by atoms with Crippen molar-refractivity contribution in [1.29, 1.82) is 0 Å². The molecule has 0 spiro atoms. The van der Waals surface area contributed by atoms with Gasteiger partial charge in [-0.1, -0.05) is 17.3 Å². The summed E-state index contributed by atoms with van der Waals surface area (Å²) in [5.41, 5.74) is 1.45. The van der Waals surface area contributed by atoms with Crippen LogP contribution in [0.5, 0.6) is 0 Å². The van der Waals surface area contributed by atoms with Crippen LogP contribution in [0.4, 0.5) is 0 Å². The molecule has 152 valence electrons. The maximum absolute atomic E-state index is 12.5. The fourth-order valence-electron chi connectivity index (χ4n) is 3.68. The molecule has 0 radical (unpaired) electrons. The molecule has 1 amide bonds. The van der Waals surface area contributed by atoms with E-state index in [1.54, 1.807) is 17.0 Å². The highest BCUT2D eigenvalue weighted by atomic mass is 16.5. The van der Waals surface area contributed by atoms with Crippen molar-refractivity contribution >= 4 is 16.8 Å². The Hall–Kier alpha value is -3.00. The lowest BCUT2D eigenvalue weighted by Gasteiger charge is -2.18. The van der Waals surface area contributed by atoms with E-state index in [2.05, 4.69) is 15.5 Å². The van der Waals surface area contributed by atoms with Gasteiger partial charge in [-0.15, -0.1) is 0 Å². The van der Waals surface area contributed by atoms with Crippen molar-refractivity contribution in [1.82, 2.24) is 20.0 Å². The Morgan fingerprint density at radius 1 is 1.31 bits per heavy atom. The van der Waals surface area contributed by atoms with Crippen LogP contribution < -0.4 is 10.9 Å². The third-order valence-electron chi connectivity index (χ3n) is 5.22. The van der Waals surface area contributed by atoms with E-state index < -0.39 is 0 Å². The topological polar surface area (TPSA) is 99.2 Å². The standard InChI is InChI=1S/C21H24N4O4/c1-14-9-16(29-24-14)10-15-11-28-12-19(15)23-20(26)7-4-8-25-13-22-18-6-3-2-5-17(18)21(25)27/h2-3,5-6,9,13,15,19H,4,7-8,10-12H2,1H3,(H,23,26)/t15-,19+/m1/s1. The largest absolute Gasteiger partial charge is 0.379 e. The number of carbonyl (C=O) groups excluding carboxylic acids is 1. The summed E-state index contributed by atoms with van der Waals surface area (Å²) in [7, 11) is 0. The Bertz CT molecular complexity index is 1060. The van der Waals surface area contributed by atoms with Gasteiger partial charge in [-0.3, -0.25) is 14.2 Å². The van der Waals surface area contributed by atoms with Gasteiger partial charge in [-0.2, -0.15) is 0 Å². The van der Waals surface area contributed by atoms with Crippen molar-refractivity contribution in [3.8, 4) is 0 Å². The van der Waals surface area contributed by atoms with Crippen molar-refractivity contribution < 1.29 is 14.1 Å².